The van der Waals surface area contributed by atoms with Gasteiger partial charge in [0.15, 0.2) is 15.6 Å². The number of carbonyl (C=O) groups excluding carboxylic acids is 1. The molecule has 0 aliphatic carbocycles. The van der Waals surface area contributed by atoms with Gasteiger partial charge in [0.1, 0.15) is 11.4 Å². The van der Waals surface area contributed by atoms with Crippen LogP contribution in [0.4, 0.5) is 0 Å². The maximum absolute atomic E-state index is 13.2. The van der Waals surface area contributed by atoms with Crippen LogP contribution in [0.5, 0.6) is 0 Å². The van der Waals surface area contributed by atoms with Gasteiger partial charge in [0.25, 0.3) is 5.91 Å². The van der Waals surface area contributed by atoms with Gasteiger partial charge in [0.2, 0.25) is 0 Å². The molecule has 1 aromatic carbocycles. The fraction of sp³-hybridized carbons (Fsp3) is 0.263. The molecule has 3 aromatic rings. The highest BCUT2D eigenvalue weighted by atomic mass is 32.2. The minimum Gasteiger partial charge on any atom is -0.463 e. The number of benzene rings is 1. The Morgan fingerprint density at radius 2 is 2.00 bits per heavy atom. The number of furan rings is 1. The van der Waals surface area contributed by atoms with Gasteiger partial charge in [-0.25, -0.2) is 13.1 Å². The number of para-hydroxylation sites is 1. The summed E-state index contributed by atoms with van der Waals surface area (Å²) in [5.41, 5.74) is 1.64. The van der Waals surface area contributed by atoms with Crippen molar-refractivity contribution in [2.75, 3.05) is 18.6 Å². The molecular formula is C19H19N3O4S. The number of rotatable bonds is 4. The van der Waals surface area contributed by atoms with Crippen molar-refractivity contribution in [3.05, 3.63) is 60.5 Å². The molecule has 1 atom stereocenters. The predicted octanol–water partition coefficient (Wildman–Crippen LogP) is 2.39. The van der Waals surface area contributed by atoms with Crippen LogP contribution in [-0.4, -0.2) is 53.6 Å². The lowest BCUT2D eigenvalue weighted by Gasteiger charge is -2.23. The largest absolute Gasteiger partial charge is 0.463 e. The van der Waals surface area contributed by atoms with Crippen molar-refractivity contribution in [2.24, 2.45) is 0 Å². The molecule has 0 bridgehead atoms. The summed E-state index contributed by atoms with van der Waals surface area (Å²) >= 11 is 0. The summed E-state index contributed by atoms with van der Waals surface area (Å²) in [6.07, 6.45) is 2.00. The summed E-state index contributed by atoms with van der Waals surface area (Å²) in [6, 6.07) is 14.2. The molecule has 140 valence electrons. The second kappa shape index (κ2) is 6.70. The van der Waals surface area contributed by atoms with Crippen LogP contribution in [0.1, 0.15) is 16.9 Å². The van der Waals surface area contributed by atoms with Crippen molar-refractivity contribution in [1.82, 2.24) is 14.7 Å². The van der Waals surface area contributed by atoms with Crippen LogP contribution in [0.2, 0.25) is 0 Å². The minimum atomic E-state index is -3.08. The molecule has 27 heavy (non-hydrogen) atoms. The summed E-state index contributed by atoms with van der Waals surface area (Å²) in [7, 11) is -1.44. The Balaban J connectivity index is 1.73. The van der Waals surface area contributed by atoms with Crippen molar-refractivity contribution in [2.45, 2.75) is 12.5 Å². The molecule has 2 aromatic heterocycles. The summed E-state index contributed by atoms with van der Waals surface area (Å²) in [4.78, 5) is 14.7. The molecule has 0 N–H and O–H groups in total. The van der Waals surface area contributed by atoms with E-state index < -0.39 is 9.84 Å². The van der Waals surface area contributed by atoms with Crippen LogP contribution in [0.25, 0.3) is 17.1 Å². The first-order valence-electron chi connectivity index (χ1n) is 8.61. The third-order valence-corrected chi connectivity index (χ3v) is 6.53. The lowest BCUT2D eigenvalue weighted by atomic mass is 10.2. The Labute approximate surface area is 157 Å². The molecule has 0 saturated carbocycles. The molecule has 8 heteroatoms. The zero-order valence-corrected chi connectivity index (χ0v) is 15.6. The van der Waals surface area contributed by atoms with E-state index in [1.54, 1.807) is 36.2 Å². The van der Waals surface area contributed by atoms with Crippen molar-refractivity contribution < 1.29 is 17.6 Å². The average Bonchev–Trinajstić information content (AvgIpc) is 3.40. The number of hydrogen-bond acceptors (Lipinski definition) is 5. The first-order chi connectivity index (χ1) is 12.9. The van der Waals surface area contributed by atoms with Gasteiger partial charge < -0.3 is 9.32 Å². The van der Waals surface area contributed by atoms with Gasteiger partial charge in [-0.3, -0.25) is 4.79 Å². The molecule has 3 heterocycles. The maximum atomic E-state index is 13.2. The van der Waals surface area contributed by atoms with Gasteiger partial charge in [-0.2, -0.15) is 5.10 Å². The number of nitrogens with zero attached hydrogens (tertiary/aromatic N) is 3. The third-order valence-electron chi connectivity index (χ3n) is 4.78. The van der Waals surface area contributed by atoms with E-state index in [0.717, 1.165) is 5.69 Å². The maximum Gasteiger partial charge on any atom is 0.272 e. The predicted molar refractivity (Wildman–Crippen MR) is 100 cm³/mol. The SMILES string of the molecule is CN(C(=O)c1cc(-c2ccco2)nn1-c1ccccc1)C1CCS(=O)(=O)C1. The number of sulfone groups is 1. The van der Waals surface area contributed by atoms with Crippen molar-refractivity contribution in [3.8, 4) is 17.1 Å². The fourth-order valence-corrected chi connectivity index (χ4v) is 5.05. The molecule has 1 aliphatic heterocycles. The Morgan fingerprint density at radius 3 is 2.63 bits per heavy atom. The van der Waals surface area contributed by atoms with E-state index in [1.165, 1.54) is 4.90 Å². The summed E-state index contributed by atoms with van der Waals surface area (Å²) in [5.74, 6) is 0.404. The van der Waals surface area contributed by atoms with Gasteiger partial charge >= 0.3 is 0 Å². The molecule has 1 amide bonds. The van der Waals surface area contributed by atoms with E-state index in [9.17, 15) is 13.2 Å². The summed E-state index contributed by atoms with van der Waals surface area (Å²) in [5, 5.41) is 4.54. The smallest absolute Gasteiger partial charge is 0.272 e. The van der Waals surface area contributed by atoms with Crippen molar-refractivity contribution >= 4 is 15.7 Å². The lowest BCUT2D eigenvalue weighted by molar-refractivity contribution is 0.0738. The minimum absolute atomic E-state index is 0.000243. The topological polar surface area (TPSA) is 85.4 Å². The zero-order chi connectivity index (χ0) is 19.0. The van der Waals surface area contributed by atoms with Gasteiger partial charge in [-0.1, -0.05) is 18.2 Å². The Kier molecular flexibility index (Phi) is 4.35. The van der Waals surface area contributed by atoms with E-state index >= 15 is 0 Å². The molecule has 7 nitrogen and oxygen atoms in total. The first kappa shape index (κ1) is 17.5. The van der Waals surface area contributed by atoms with Crippen LogP contribution in [0.3, 0.4) is 0 Å². The molecule has 4 rings (SSSR count). The second-order valence-corrected chi connectivity index (χ2v) is 8.84. The van der Waals surface area contributed by atoms with E-state index in [1.807, 2.05) is 30.3 Å². The standard InChI is InChI=1S/C19H19N3O4S/c1-21(15-9-11-27(24,25)13-15)19(23)17-12-16(18-8-5-10-26-18)20-22(17)14-6-3-2-4-7-14/h2-8,10,12,15H,9,11,13H2,1H3. The molecule has 1 unspecified atom stereocenters. The van der Waals surface area contributed by atoms with Crippen LogP contribution in [0, 0.1) is 0 Å². The number of aromatic nitrogens is 2. The summed E-state index contributed by atoms with van der Waals surface area (Å²) < 4.78 is 30.5. The highest BCUT2D eigenvalue weighted by molar-refractivity contribution is 7.91. The van der Waals surface area contributed by atoms with Gasteiger partial charge in [0, 0.05) is 19.2 Å². The van der Waals surface area contributed by atoms with Crippen LogP contribution in [-0.2, 0) is 9.84 Å². The number of carbonyl (C=O) groups is 1. The van der Waals surface area contributed by atoms with E-state index in [0.29, 0.717) is 23.6 Å². The van der Waals surface area contributed by atoms with E-state index in [4.69, 9.17) is 4.42 Å². The fourth-order valence-electron chi connectivity index (χ4n) is 3.27. The Hall–Kier alpha value is -2.87. The quantitative estimate of drug-likeness (QED) is 0.688. The molecule has 1 aliphatic rings. The Morgan fingerprint density at radius 1 is 1.22 bits per heavy atom. The number of amides is 1. The van der Waals surface area contributed by atoms with E-state index in [2.05, 4.69) is 5.10 Å². The molecular weight excluding hydrogens is 366 g/mol. The molecule has 0 spiro atoms. The van der Waals surface area contributed by atoms with Crippen molar-refractivity contribution in [1.29, 1.82) is 0 Å². The number of hydrogen-bond donors (Lipinski definition) is 0. The first-order valence-corrected chi connectivity index (χ1v) is 10.4. The van der Waals surface area contributed by atoms with Gasteiger partial charge in [0.05, 0.1) is 23.5 Å². The molecule has 0 radical (unpaired) electrons. The van der Waals surface area contributed by atoms with Crippen molar-refractivity contribution in [3.63, 3.8) is 0 Å². The van der Waals surface area contributed by atoms with E-state index in [-0.39, 0.29) is 23.5 Å². The van der Waals surface area contributed by atoms with Gasteiger partial charge in [-0.05, 0) is 30.7 Å². The zero-order valence-electron chi connectivity index (χ0n) is 14.8. The highest BCUT2D eigenvalue weighted by Crippen LogP contribution is 2.25. The molecule has 1 fully saturated rings. The third kappa shape index (κ3) is 3.40. The van der Waals surface area contributed by atoms with Crippen LogP contribution in [0.15, 0.2) is 59.2 Å². The monoisotopic (exact) mass is 385 g/mol. The average molecular weight is 385 g/mol. The highest BCUT2D eigenvalue weighted by Gasteiger charge is 2.34. The molecule has 1 saturated heterocycles. The van der Waals surface area contributed by atoms with Crippen LogP contribution >= 0.6 is 0 Å². The van der Waals surface area contributed by atoms with Gasteiger partial charge in [-0.15, -0.1) is 0 Å². The summed E-state index contributed by atoms with van der Waals surface area (Å²) in [6.45, 7) is 0. The van der Waals surface area contributed by atoms with Crippen LogP contribution < -0.4 is 0 Å². The second-order valence-electron chi connectivity index (χ2n) is 6.61. The normalized spacial score (nSPS) is 18.5. The lowest BCUT2D eigenvalue weighted by Crippen LogP contribution is -2.38. The Bertz CT molecular complexity index is 1060.